The van der Waals surface area contributed by atoms with Gasteiger partial charge in [0.05, 0.1) is 21.4 Å². The minimum absolute atomic E-state index is 0.0620. The topological polar surface area (TPSA) is 45.4 Å². The first-order chi connectivity index (χ1) is 13.1. The number of piperazine rings is 1. The van der Waals surface area contributed by atoms with Gasteiger partial charge in [0.25, 0.3) is 0 Å². The van der Waals surface area contributed by atoms with Gasteiger partial charge >= 0.3 is 0 Å². The van der Waals surface area contributed by atoms with Gasteiger partial charge in [-0.1, -0.05) is 23.7 Å². The van der Waals surface area contributed by atoms with Crippen LogP contribution in [0.2, 0.25) is 5.02 Å². The Kier molecular flexibility index (Phi) is 5.71. The normalized spacial score (nSPS) is 17.4. The first-order valence-corrected chi connectivity index (χ1v) is 10.3. The fourth-order valence-corrected chi connectivity index (χ4v) is 4.61. The molecule has 4 rings (SSSR count). The molecule has 4 nitrogen and oxygen atoms in total. The molecule has 3 aromatic rings. The van der Waals surface area contributed by atoms with Crippen LogP contribution in [-0.2, 0) is 13.0 Å². The molecule has 0 spiro atoms. The number of rotatable bonds is 5. The van der Waals surface area contributed by atoms with E-state index in [1.165, 1.54) is 29.0 Å². The Morgan fingerprint density at radius 1 is 1.11 bits per heavy atom. The number of fused-ring (bicyclic) bond motifs is 1. The number of thiazole rings is 1. The molecule has 0 bridgehead atoms. The van der Waals surface area contributed by atoms with Crippen molar-refractivity contribution in [3.05, 3.63) is 63.9 Å². The van der Waals surface area contributed by atoms with Crippen molar-refractivity contribution in [3.8, 4) is 0 Å². The Morgan fingerprint density at radius 3 is 2.59 bits per heavy atom. The predicted molar refractivity (Wildman–Crippen MR) is 110 cm³/mol. The fourth-order valence-electron chi connectivity index (χ4n) is 3.44. The van der Waals surface area contributed by atoms with Gasteiger partial charge in [-0.05, 0) is 35.9 Å². The van der Waals surface area contributed by atoms with Crippen molar-refractivity contribution in [1.29, 1.82) is 0 Å². The minimum Gasteiger partial charge on any atom is -0.315 e. The van der Waals surface area contributed by atoms with E-state index in [1.807, 2.05) is 12.1 Å². The number of hydrogen-bond acceptors (Lipinski definition) is 5. The highest BCUT2D eigenvalue weighted by atomic mass is 35.5. The molecule has 2 aromatic carbocycles. The molecule has 1 unspecified atom stereocenters. The summed E-state index contributed by atoms with van der Waals surface area (Å²) in [5, 5.41) is 1.74. The van der Waals surface area contributed by atoms with Crippen molar-refractivity contribution < 1.29 is 4.39 Å². The van der Waals surface area contributed by atoms with E-state index < -0.39 is 0 Å². The standard InChI is InChI=1S/C20H22ClFN4S/c21-15-3-1-14(2-4-15)13-25-7-9-26(10-8-25)19(23)12-20-24-17-6-5-16(22)11-18(17)27-20/h1-6,11,19H,7-10,12-13,23H2. The molecule has 142 valence electrons. The highest BCUT2D eigenvalue weighted by Crippen LogP contribution is 2.24. The molecule has 1 aromatic heterocycles. The van der Waals surface area contributed by atoms with Crippen LogP contribution in [0.1, 0.15) is 10.6 Å². The van der Waals surface area contributed by atoms with Crippen molar-refractivity contribution in [2.75, 3.05) is 26.2 Å². The van der Waals surface area contributed by atoms with Gasteiger partial charge in [-0.3, -0.25) is 9.80 Å². The molecule has 1 fully saturated rings. The number of nitrogens with zero attached hydrogens (tertiary/aromatic N) is 3. The van der Waals surface area contributed by atoms with E-state index >= 15 is 0 Å². The molecule has 27 heavy (non-hydrogen) atoms. The second kappa shape index (κ2) is 8.20. The summed E-state index contributed by atoms with van der Waals surface area (Å²) in [5.41, 5.74) is 8.55. The zero-order valence-electron chi connectivity index (χ0n) is 14.9. The third-order valence-electron chi connectivity index (χ3n) is 4.97. The highest BCUT2D eigenvalue weighted by Gasteiger charge is 2.22. The molecule has 1 atom stereocenters. The van der Waals surface area contributed by atoms with Crippen molar-refractivity contribution in [2.24, 2.45) is 5.73 Å². The maximum atomic E-state index is 13.3. The Bertz CT molecular complexity index is 906. The molecule has 0 aliphatic carbocycles. The van der Waals surface area contributed by atoms with Crippen molar-refractivity contribution in [1.82, 2.24) is 14.8 Å². The summed E-state index contributed by atoms with van der Waals surface area (Å²) < 4.78 is 14.2. The van der Waals surface area contributed by atoms with Crippen molar-refractivity contribution in [2.45, 2.75) is 19.1 Å². The van der Waals surface area contributed by atoms with Gasteiger partial charge in [0.2, 0.25) is 0 Å². The number of nitrogens with two attached hydrogens (primary N) is 1. The lowest BCUT2D eigenvalue weighted by Gasteiger charge is -2.37. The lowest BCUT2D eigenvalue weighted by atomic mass is 10.2. The summed E-state index contributed by atoms with van der Waals surface area (Å²) in [5.74, 6) is -0.223. The number of benzene rings is 2. The smallest absolute Gasteiger partial charge is 0.124 e. The van der Waals surface area contributed by atoms with Crippen LogP contribution in [0.4, 0.5) is 4.39 Å². The van der Waals surface area contributed by atoms with Crippen LogP contribution < -0.4 is 5.73 Å². The molecule has 1 aliphatic rings. The molecule has 2 heterocycles. The number of halogens is 2. The van der Waals surface area contributed by atoms with E-state index in [0.29, 0.717) is 6.42 Å². The zero-order chi connectivity index (χ0) is 18.8. The quantitative estimate of drug-likeness (QED) is 0.703. The zero-order valence-corrected chi connectivity index (χ0v) is 16.5. The lowest BCUT2D eigenvalue weighted by molar-refractivity contribution is 0.0935. The predicted octanol–water partition coefficient (Wildman–Crippen LogP) is 3.73. The first-order valence-electron chi connectivity index (χ1n) is 9.08. The van der Waals surface area contributed by atoms with Crippen LogP contribution in [0.15, 0.2) is 42.5 Å². The van der Waals surface area contributed by atoms with Crippen LogP contribution in [0.5, 0.6) is 0 Å². The summed E-state index contributed by atoms with van der Waals surface area (Å²) in [4.78, 5) is 9.34. The fraction of sp³-hybridized carbons (Fsp3) is 0.350. The average Bonchev–Trinajstić information content (AvgIpc) is 3.05. The molecule has 7 heteroatoms. The van der Waals surface area contributed by atoms with Crippen LogP contribution in [0.25, 0.3) is 10.2 Å². The third-order valence-corrected chi connectivity index (χ3v) is 6.27. The SMILES string of the molecule is NC(Cc1nc2ccc(F)cc2s1)N1CCN(Cc2ccc(Cl)cc2)CC1. The molecule has 2 N–H and O–H groups in total. The summed E-state index contributed by atoms with van der Waals surface area (Å²) in [6.45, 7) is 4.79. The molecule has 0 radical (unpaired) electrons. The Labute approximate surface area is 167 Å². The van der Waals surface area contributed by atoms with Gasteiger partial charge in [0.1, 0.15) is 5.82 Å². The van der Waals surface area contributed by atoms with Gasteiger partial charge in [-0.2, -0.15) is 0 Å². The molecule has 0 amide bonds. The Balaban J connectivity index is 1.31. The van der Waals surface area contributed by atoms with Gasteiger partial charge in [0.15, 0.2) is 0 Å². The van der Waals surface area contributed by atoms with Gasteiger partial charge in [0, 0.05) is 44.2 Å². The van der Waals surface area contributed by atoms with E-state index in [0.717, 1.165) is 53.0 Å². The van der Waals surface area contributed by atoms with Crippen molar-refractivity contribution in [3.63, 3.8) is 0 Å². The van der Waals surface area contributed by atoms with Gasteiger partial charge in [-0.15, -0.1) is 11.3 Å². The maximum Gasteiger partial charge on any atom is 0.124 e. The van der Waals surface area contributed by atoms with Crippen LogP contribution >= 0.6 is 22.9 Å². The van der Waals surface area contributed by atoms with E-state index in [-0.39, 0.29) is 12.0 Å². The summed E-state index contributed by atoms with van der Waals surface area (Å²) in [6, 6.07) is 12.8. The lowest BCUT2D eigenvalue weighted by Crippen LogP contribution is -2.53. The number of hydrogen-bond donors (Lipinski definition) is 1. The second-order valence-electron chi connectivity index (χ2n) is 6.93. The van der Waals surface area contributed by atoms with E-state index in [1.54, 1.807) is 6.07 Å². The van der Waals surface area contributed by atoms with Crippen LogP contribution in [0, 0.1) is 5.82 Å². The summed E-state index contributed by atoms with van der Waals surface area (Å²) >= 11 is 7.48. The van der Waals surface area contributed by atoms with E-state index in [4.69, 9.17) is 17.3 Å². The first kappa shape index (κ1) is 18.8. The van der Waals surface area contributed by atoms with Crippen LogP contribution in [0.3, 0.4) is 0 Å². The van der Waals surface area contributed by atoms with Gasteiger partial charge < -0.3 is 5.73 Å². The van der Waals surface area contributed by atoms with E-state index in [9.17, 15) is 4.39 Å². The molecule has 0 saturated carbocycles. The second-order valence-corrected chi connectivity index (χ2v) is 8.48. The average molecular weight is 405 g/mol. The van der Waals surface area contributed by atoms with Crippen molar-refractivity contribution >= 4 is 33.2 Å². The largest absolute Gasteiger partial charge is 0.315 e. The van der Waals surface area contributed by atoms with E-state index in [2.05, 4.69) is 26.9 Å². The van der Waals surface area contributed by atoms with Crippen LogP contribution in [-0.4, -0.2) is 47.1 Å². The maximum absolute atomic E-state index is 13.3. The monoisotopic (exact) mass is 404 g/mol. The summed E-state index contributed by atoms with van der Waals surface area (Å²) in [6.07, 6.45) is 0.631. The molecular weight excluding hydrogens is 383 g/mol. The highest BCUT2D eigenvalue weighted by molar-refractivity contribution is 7.18. The molecule has 1 saturated heterocycles. The third kappa shape index (κ3) is 4.65. The molecular formula is C20H22ClFN4S. The molecule has 1 aliphatic heterocycles. The van der Waals surface area contributed by atoms with Gasteiger partial charge in [-0.25, -0.2) is 9.37 Å². The summed E-state index contributed by atoms with van der Waals surface area (Å²) in [7, 11) is 0. The minimum atomic E-state index is -0.223. The number of aromatic nitrogens is 1. The Morgan fingerprint density at radius 2 is 1.85 bits per heavy atom. The Hall–Kier alpha value is -1.57.